The van der Waals surface area contributed by atoms with Crippen molar-refractivity contribution in [2.45, 2.75) is 6.92 Å². The fourth-order valence-corrected chi connectivity index (χ4v) is 7.50. The Balaban J connectivity index is 1.32. The number of benzene rings is 10. The summed E-state index contributed by atoms with van der Waals surface area (Å²) in [6.07, 6.45) is 0. The van der Waals surface area contributed by atoms with Crippen molar-refractivity contribution in [3.05, 3.63) is 235 Å². The lowest BCUT2D eigenvalue weighted by Gasteiger charge is -2.33. The van der Waals surface area contributed by atoms with Crippen LogP contribution in [-0.4, -0.2) is 0 Å². The summed E-state index contributed by atoms with van der Waals surface area (Å²) in [5, 5.41) is 3.80. The summed E-state index contributed by atoms with van der Waals surface area (Å²) in [6, 6.07) is -5.57. The smallest absolute Gasteiger partial charge is 0.143 e. The van der Waals surface area contributed by atoms with Gasteiger partial charge in [0.25, 0.3) is 0 Å². The zero-order chi connectivity index (χ0) is 63.3. The first-order valence-electron chi connectivity index (χ1n) is 31.6. The third-order valence-electron chi connectivity index (χ3n) is 10.1. The molecule has 0 saturated heterocycles. The summed E-state index contributed by atoms with van der Waals surface area (Å²) < 4.78 is 243. The number of nitrogens with zero attached hydrogens (tertiary/aromatic N) is 3. The van der Waals surface area contributed by atoms with Crippen molar-refractivity contribution in [1.29, 1.82) is 0 Å². The van der Waals surface area contributed by atoms with E-state index in [0.717, 1.165) is 16.4 Å². The summed E-state index contributed by atoms with van der Waals surface area (Å²) in [4.78, 5) is 2.16. The highest BCUT2D eigenvalue weighted by atomic mass is 16.3. The first-order chi connectivity index (χ1) is 41.0. The Morgan fingerprint density at radius 3 is 1.48 bits per heavy atom. The third-order valence-corrected chi connectivity index (χ3v) is 10.1. The normalized spacial score (nSPS) is 17.3. The Labute approximate surface area is 391 Å². The van der Waals surface area contributed by atoms with Crippen LogP contribution in [0.3, 0.4) is 0 Å². The maximum Gasteiger partial charge on any atom is 0.143 e. The number of anilines is 9. The molecule has 1 heterocycles. The second-order valence-electron chi connectivity index (χ2n) is 13.4. The van der Waals surface area contributed by atoms with Crippen LogP contribution in [0.1, 0.15) is 41.2 Å². The van der Waals surface area contributed by atoms with Gasteiger partial charge in [0.2, 0.25) is 0 Å². The van der Waals surface area contributed by atoms with E-state index in [-0.39, 0.29) is 5.69 Å². The molecule has 0 radical (unpaired) electrons. The van der Waals surface area contributed by atoms with Gasteiger partial charge in [-0.05, 0) is 125 Å². The molecule has 10 aromatic carbocycles. The van der Waals surface area contributed by atoms with Crippen LogP contribution in [0.2, 0.25) is 0 Å². The molecule has 0 N–H and O–H groups in total. The van der Waals surface area contributed by atoms with Crippen molar-refractivity contribution in [2.24, 2.45) is 0 Å². The Kier molecular flexibility index (Phi) is 4.51. The van der Waals surface area contributed by atoms with Crippen molar-refractivity contribution in [3.63, 3.8) is 0 Å². The highest BCUT2D eigenvalue weighted by molar-refractivity contribution is 6.30. The van der Waals surface area contributed by atoms with Crippen LogP contribution in [-0.2, 0) is 0 Å². The lowest BCUT2D eigenvalue weighted by molar-refractivity contribution is 0.673. The van der Waals surface area contributed by atoms with Crippen LogP contribution in [0.4, 0.5) is 51.2 Å². The Hall–Kier alpha value is -8.08. The summed E-state index contributed by atoms with van der Waals surface area (Å²) in [7, 11) is 0. The van der Waals surface area contributed by atoms with Gasteiger partial charge in [0.05, 0.1) is 47.0 Å². The molecule has 61 heavy (non-hydrogen) atoms. The van der Waals surface area contributed by atoms with Gasteiger partial charge in [0, 0.05) is 56.0 Å². The van der Waals surface area contributed by atoms with Crippen molar-refractivity contribution < 1.29 is 40.1 Å². The molecular formula is C57H41N3O. The number of furan rings is 1. The highest BCUT2D eigenvalue weighted by Gasteiger charge is 2.24. The Bertz CT molecular complexity index is 4710. The maximum absolute atomic E-state index is 10.2. The minimum atomic E-state index is -1.15. The van der Waals surface area contributed by atoms with Crippen LogP contribution in [0.25, 0.3) is 43.5 Å². The molecule has 0 saturated carbocycles. The Morgan fingerprint density at radius 1 is 0.377 bits per heavy atom. The fourth-order valence-electron chi connectivity index (χ4n) is 7.50. The van der Waals surface area contributed by atoms with E-state index in [9.17, 15) is 13.7 Å². The zero-order valence-corrected chi connectivity index (χ0v) is 31.7. The van der Waals surface area contributed by atoms with Gasteiger partial charge in [-0.25, -0.2) is 0 Å². The van der Waals surface area contributed by atoms with Gasteiger partial charge in [-0.2, -0.15) is 0 Å². The summed E-state index contributed by atoms with van der Waals surface area (Å²) >= 11 is 0. The standard InChI is InChI=1S/C57H41N3O/c1-40-53(59(43-24-10-4-11-25-43)46-29-18-28-45(38-46)58(41-20-6-2-7-21-41)42-22-8-3-9-23-42)33-19-34-54(40)60(44-26-12-5-13-27-44)47-36-37-49-48-30-14-15-31-50(48)57-56(52(49)39-47)51-32-16-17-35-55(51)61-57/h2-39H,1H3/i2D,3D,4D,5D,6D,7D,8D,9D,10D,11D,12D,13D,18D,19D,20D,21D,22D,23D,24D,25D,26D,27D,29D,33D,34D,38D. The van der Waals surface area contributed by atoms with Gasteiger partial charge in [-0.1, -0.05) is 133 Å². The highest BCUT2D eigenvalue weighted by Crippen LogP contribution is 2.47. The molecule has 0 aliphatic heterocycles. The molecule has 0 bridgehead atoms. The monoisotopic (exact) mass is 809 g/mol. The molecule has 290 valence electrons. The largest absolute Gasteiger partial charge is 0.455 e. The summed E-state index contributed by atoms with van der Waals surface area (Å²) in [5.41, 5.74) is -6.24. The van der Waals surface area contributed by atoms with Crippen LogP contribution in [0.15, 0.2) is 234 Å². The van der Waals surface area contributed by atoms with E-state index in [1.807, 2.05) is 30.3 Å². The third kappa shape index (κ3) is 6.33. The number of rotatable bonds is 9. The van der Waals surface area contributed by atoms with Crippen molar-refractivity contribution in [1.82, 2.24) is 0 Å². The molecule has 4 heteroatoms. The molecule has 0 atom stereocenters. The first-order valence-corrected chi connectivity index (χ1v) is 18.6. The molecule has 0 unspecified atom stereocenters. The van der Waals surface area contributed by atoms with Crippen LogP contribution >= 0.6 is 0 Å². The molecule has 1 aromatic heterocycles. The van der Waals surface area contributed by atoms with Crippen LogP contribution < -0.4 is 14.7 Å². The molecular weight excluding hydrogens is 743 g/mol. The van der Waals surface area contributed by atoms with E-state index in [0.29, 0.717) is 47.9 Å². The van der Waals surface area contributed by atoms with Gasteiger partial charge < -0.3 is 19.1 Å². The number of hydrogen-bond acceptors (Lipinski definition) is 4. The van der Waals surface area contributed by atoms with Crippen molar-refractivity contribution in [2.75, 3.05) is 14.7 Å². The predicted octanol–water partition coefficient (Wildman–Crippen LogP) is 16.6. The molecule has 4 nitrogen and oxygen atoms in total. The van der Waals surface area contributed by atoms with Gasteiger partial charge in [-0.3, -0.25) is 0 Å². The van der Waals surface area contributed by atoms with E-state index in [1.165, 1.54) is 13.0 Å². The molecule has 0 fully saturated rings. The SMILES string of the molecule is [2H]c1cc(N(c2c([2H])c([2H])c([2H])c([2H])c2[2H])c2c([2H])c([2H])c([2H])c([2H])c2[2H])c([2H])c(N(c2c([2H])c([2H])c([2H])c([2H])c2[2H])c2c([2H])c([2H])c([2H])c(N(c3ccc4c5ccccc5c5oc6ccccc6c5c4c3)c3c([2H])c([2H])c([2H])c([2H])c3[2H])c2C)c1[2H]. The zero-order valence-electron chi connectivity index (χ0n) is 57.7. The average Bonchev–Trinajstić information content (AvgIpc) is 1.59. The van der Waals surface area contributed by atoms with Crippen molar-refractivity contribution >= 4 is 94.7 Å². The fraction of sp³-hybridized carbons (Fsp3) is 0.0175. The first kappa shape index (κ1) is 18.0. The van der Waals surface area contributed by atoms with Gasteiger partial charge in [0.15, 0.2) is 0 Å². The summed E-state index contributed by atoms with van der Waals surface area (Å²) in [6.45, 7) is 1.21. The van der Waals surface area contributed by atoms with E-state index in [1.54, 1.807) is 30.3 Å². The van der Waals surface area contributed by atoms with Crippen LogP contribution in [0.5, 0.6) is 0 Å². The molecule has 0 aliphatic carbocycles. The molecule has 11 rings (SSSR count). The second-order valence-corrected chi connectivity index (χ2v) is 13.4. The van der Waals surface area contributed by atoms with Gasteiger partial charge in [0.1, 0.15) is 11.2 Å². The number of fused-ring (bicyclic) bond motifs is 8. The van der Waals surface area contributed by atoms with E-state index in [4.69, 9.17) is 26.3 Å². The quantitative estimate of drug-likeness (QED) is 0.135. The summed E-state index contributed by atoms with van der Waals surface area (Å²) in [5.74, 6) is 0. The predicted molar refractivity (Wildman–Crippen MR) is 258 cm³/mol. The minimum Gasteiger partial charge on any atom is -0.455 e. The van der Waals surface area contributed by atoms with Crippen molar-refractivity contribution in [3.8, 4) is 0 Å². The second kappa shape index (κ2) is 15.3. The number of hydrogen-bond donors (Lipinski definition) is 0. The topological polar surface area (TPSA) is 22.9 Å². The Morgan fingerprint density at radius 2 is 0.869 bits per heavy atom. The average molecular weight is 810 g/mol. The molecule has 0 spiro atoms. The number of para-hydroxylation sites is 5. The van der Waals surface area contributed by atoms with Gasteiger partial charge in [-0.15, -0.1) is 0 Å². The lowest BCUT2D eigenvalue weighted by Crippen LogP contribution is -2.16. The van der Waals surface area contributed by atoms with E-state index >= 15 is 0 Å². The maximum atomic E-state index is 10.2. The van der Waals surface area contributed by atoms with Gasteiger partial charge >= 0.3 is 0 Å². The minimum absolute atomic E-state index is 0.0392. The molecule has 11 aromatic rings. The lowest BCUT2D eigenvalue weighted by atomic mass is 9.96. The molecule has 0 aliphatic rings. The van der Waals surface area contributed by atoms with Crippen LogP contribution in [0, 0.1) is 6.92 Å². The molecule has 0 amide bonds. The van der Waals surface area contributed by atoms with E-state index in [2.05, 4.69) is 0 Å². The van der Waals surface area contributed by atoms with E-state index < -0.39 is 208 Å².